The molecule has 3 aromatic heterocycles. The average Bonchev–Trinajstić information content (AvgIpc) is 3.39. The van der Waals surface area contributed by atoms with E-state index in [1.165, 1.54) is 0 Å². The van der Waals surface area contributed by atoms with Crippen molar-refractivity contribution in [2.45, 2.75) is 38.0 Å². The minimum atomic E-state index is -0.997. The summed E-state index contributed by atoms with van der Waals surface area (Å²) in [5.41, 5.74) is 2.30. The van der Waals surface area contributed by atoms with Crippen LogP contribution in [0.25, 0.3) is 28.0 Å². The van der Waals surface area contributed by atoms with Crippen LogP contribution in [0.5, 0.6) is 5.75 Å². The highest BCUT2D eigenvalue weighted by molar-refractivity contribution is 5.85. The number of nitrogens with zero attached hydrogens (tertiary/aromatic N) is 6. The lowest BCUT2D eigenvalue weighted by atomic mass is 9.88. The van der Waals surface area contributed by atoms with Gasteiger partial charge in [0.25, 0.3) is 0 Å². The van der Waals surface area contributed by atoms with Gasteiger partial charge in [-0.15, -0.1) is 27.7 Å². The first-order valence-electron chi connectivity index (χ1n) is 9.85. The molecule has 10 heteroatoms. The maximum atomic E-state index is 14.7. The van der Waals surface area contributed by atoms with E-state index in [1.54, 1.807) is 29.2 Å². The van der Waals surface area contributed by atoms with Crippen LogP contribution in [0.15, 0.2) is 48.9 Å². The number of nitrogens with one attached hydrogen (secondary N) is 1. The Morgan fingerprint density at radius 3 is 2.74 bits per heavy atom. The normalized spacial score (nSPS) is 20.5. The SMILES string of the molecule is CC1(C)C[C@@H](n2ccc3cc(-c4ccc(-n5ccnn5)cc4O)nnc32)[C@@H](F)CN1.Cl. The maximum Gasteiger partial charge on any atom is 0.162 e. The summed E-state index contributed by atoms with van der Waals surface area (Å²) in [6.07, 6.45) is 4.80. The number of hydrogen-bond donors (Lipinski definition) is 2. The van der Waals surface area contributed by atoms with Crippen molar-refractivity contribution in [2.75, 3.05) is 6.54 Å². The number of halogens is 2. The lowest BCUT2D eigenvalue weighted by Crippen LogP contribution is -2.52. The number of hydrogen-bond acceptors (Lipinski definition) is 6. The van der Waals surface area contributed by atoms with Gasteiger partial charge in [-0.05, 0) is 44.5 Å². The largest absolute Gasteiger partial charge is 0.507 e. The van der Waals surface area contributed by atoms with E-state index in [0.29, 0.717) is 35.6 Å². The number of aromatic nitrogens is 6. The molecule has 162 valence electrons. The second kappa shape index (κ2) is 7.90. The fourth-order valence-corrected chi connectivity index (χ4v) is 4.08. The van der Waals surface area contributed by atoms with Crippen LogP contribution in [-0.2, 0) is 0 Å². The number of fused-ring (bicyclic) bond motifs is 1. The summed E-state index contributed by atoms with van der Waals surface area (Å²) in [6, 6.07) is 8.68. The molecule has 8 nitrogen and oxygen atoms in total. The molecule has 0 spiro atoms. The van der Waals surface area contributed by atoms with E-state index in [4.69, 9.17) is 0 Å². The molecule has 0 saturated carbocycles. The molecule has 2 atom stereocenters. The summed E-state index contributed by atoms with van der Waals surface area (Å²) in [6.45, 7) is 4.47. The van der Waals surface area contributed by atoms with Crippen molar-refractivity contribution in [3.63, 3.8) is 0 Å². The van der Waals surface area contributed by atoms with Crippen molar-refractivity contribution in [3.8, 4) is 22.7 Å². The molecule has 1 aliphatic heterocycles. The molecule has 0 aliphatic carbocycles. The van der Waals surface area contributed by atoms with Crippen molar-refractivity contribution >= 4 is 23.4 Å². The molecule has 2 N–H and O–H groups in total. The van der Waals surface area contributed by atoms with E-state index in [9.17, 15) is 9.50 Å². The van der Waals surface area contributed by atoms with Gasteiger partial charge in [0.05, 0.1) is 29.8 Å². The summed E-state index contributed by atoms with van der Waals surface area (Å²) >= 11 is 0. The molecule has 0 amide bonds. The van der Waals surface area contributed by atoms with Crippen LogP contribution >= 0.6 is 12.4 Å². The van der Waals surface area contributed by atoms with Crippen molar-refractivity contribution in [1.29, 1.82) is 0 Å². The van der Waals surface area contributed by atoms with Crippen LogP contribution in [0.4, 0.5) is 4.39 Å². The minimum Gasteiger partial charge on any atom is -0.507 e. The second-order valence-corrected chi connectivity index (χ2v) is 8.33. The summed E-state index contributed by atoms with van der Waals surface area (Å²) in [5, 5.41) is 31.0. The number of phenols is 1. The molecule has 4 heterocycles. The molecule has 1 fully saturated rings. The van der Waals surface area contributed by atoms with E-state index in [-0.39, 0.29) is 29.7 Å². The smallest absolute Gasteiger partial charge is 0.162 e. The van der Waals surface area contributed by atoms with Gasteiger partial charge in [-0.25, -0.2) is 9.07 Å². The van der Waals surface area contributed by atoms with Gasteiger partial charge < -0.3 is 15.0 Å². The number of phenolic OH excluding ortho intramolecular Hbond substituents is 1. The van der Waals surface area contributed by atoms with Crippen LogP contribution in [0.2, 0.25) is 0 Å². The van der Waals surface area contributed by atoms with Gasteiger partial charge in [-0.3, -0.25) is 0 Å². The number of aromatic hydroxyl groups is 1. The average molecular weight is 444 g/mol. The highest BCUT2D eigenvalue weighted by atomic mass is 35.5. The highest BCUT2D eigenvalue weighted by Gasteiger charge is 2.36. The lowest BCUT2D eigenvalue weighted by Gasteiger charge is -2.39. The molecule has 0 radical (unpaired) electrons. The Bertz CT molecular complexity index is 1210. The molecule has 31 heavy (non-hydrogen) atoms. The third kappa shape index (κ3) is 3.86. The first-order chi connectivity index (χ1) is 14.4. The molecular weight excluding hydrogens is 421 g/mol. The van der Waals surface area contributed by atoms with Gasteiger partial charge in [-0.2, -0.15) is 0 Å². The van der Waals surface area contributed by atoms with Crippen LogP contribution in [0.3, 0.4) is 0 Å². The van der Waals surface area contributed by atoms with Crippen LogP contribution in [0, 0.1) is 0 Å². The van der Waals surface area contributed by atoms with E-state index in [0.717, 1.165) is 5.39 Å². The number of piperidine rings is 1. The van der Waals surface area contributed by atoms with Crippen molar-refractivity contribution in [1.82, 2.24) is 35.1 Å². The number of alkyl halides is 1. The molecular formula is C21H23ClFN7O. The summed E-state index contributed by atoms with van der Waals surface area (Å²) in [5.74, 6) is 0.0695. The summed E-state index contributed by atoms with van der Waals surface area (Å²) < 4.78 is 18.1. The zero-order valence-corrected chi connectivity index (χ0v) is 17.9. The van der Waals surface area contributed by atoms with Crippen molar-refractivity contribution in [2.24, 2.45) is 0 Å². The topological polar surface area (TPSA) is 93.7 Å². The predicted molar refractivity (Wildman–Crippen MR) is 117 cm³/mol. The summed E-state index contributed by atoms with van der Waals surface area (Å²) in [7, 11) is 0. The van der Waals surface area contributed by atoms with Crippen LogP contribution in [-0.4, -0.2) is 53.1 Å². The Hall–Kier alpha value is -3.04. The molecule has 4 aromatic rings. The van der Waals surface area contributed by atoms with E-state index < -0.39 is 6.17 Å². The van der Waals surface area contributed by atoms with Gasteiger partial charge in [0.15, 0.2) is 5.65 Å². The summed E-state index contributed by atoms with van der Waals surface area (Å²) in [4.78, 5) is 0. The van der Waals surface area contributed by atoms with Gasteiger partial charge in [0.2, 0.25) is 0 Å². The van der Waals surface area contributed by atoms with E-state index in [1.807, 2.05) is 29.0 Å². The third-order valence-corrected chi connectivity index (χ3v) is 5.68. The molecule has 1 aliphatic rings. The first kappa shape index (κ1) is 21.2. The van der Waals surface area contributed by atoms with Crippen LogP contribution < -0.4 is 5.32 Å². The maximum absolute atomic E-state index is 14.7. The zero-order valence-electron chi connectivity index (χ0n) is 17.1. The van der Waals surface area contributed by atoms with E-state index >= 15 is 0 Å². The number of benzene rings is 1. The molecule has 0 unspecified atom stereocenters. The van der Waals surface area contributed by atoms with Gasteiger partial charge in [0.1, 0.15) is 11.9 Å². The lowest BCUT2D eigenvalue weighted by molar-refractivity contribution is 0.125. The molecule has 1 saturated heterocycles. The molecule has 0 bridgehead atoms. The monoisotopic (exact) mass is 443 g/mol. The van der Waals surface area contributed by atoms with Gasteiger partial charge >= 0.3 is 0 Å². The van der Waals surface area contributed by atoms with Crippen molar-refractivity contribution in [3.05, 3.63) is 48.9 Å². The van der Waals surface area contributed by atoms with Gasteiger partial charge in [0, 0.05) is 35.3 Å². The first-order valence-corrected chi connectivity index (χ1v) is 9.85. The third-order valence-electron chi connectivity index (χ3n) is 5.68. The number of rotatable bonds is 3. The molecule has 1 aromatic carbocycles. The Morgan fingerprint density at radius 1 is 1.16 bits per heavy atom. The van der Waals surface area contributed by atoms with Crippen molar-refractivity contribution < 1.29 is 9.50 Å². The fraction of sp³-hybridized carbons (Fsp3) is 0.333. The predicted octanol–water partition coefficient (Wildman–Crippen LogP) is 3.46. The fourth-order valence-electron chi connectivity index (χ4n) is 4.08. The second-order valence-electron chi connectivity index (χ2n) is 8.33. The zero-order chi connectivity index (χ0) is 20.9. The van der Waals surface area contributed by atoms with E-state index in [2.05, 4.69) is 39.7 Å². The standard InChI is InChI=1S/C21H22FN7O.ClH/c1-21(2)11-18(16(22)12-23-21)28-7-5-13-9-17(25-26-20(13)28)15-4-3-14(10-19(15)30)29-8-6-24-27-29;/h3-10,16,18,23,30H,11-12H2,1-2H3;1H/t16-,18+;/m0./s1. The Morgan fingerprint density at radius 2 is 2.00 bits per heavy atom. The Balaban J connectivity index is 0.00000231. The Kier molecular flexibility index (Phi) is 5.40. The quantitative estimate of drug-likeness (QED) is 0.503. The highest BCUT2D eigenvalue weighted by Crippen LogP contribution is 2.34. The van der Waals surface area contributed by atoms with Gasteiger partial charge in [-0.1, -0.05) is 5.21 Å². The van der Waals surface area contributed by atoms with Crippen LogP contribution in [0.1, 0.15) is 26.3 Å². The minimum absolute atomic E-state index is 0. The Labute approximate surface area is 184 Å². The molecule has 5 rings (SSSR count).